The number of benzene rings is 4. The van der Waals surface area contributed by atoms with Gasteiger partial charge in [-0.15, -0.1) is 23.1 Å². The second-order valence-electron chi connectivity index (χ2n) is 12.7. The summed E-state index contributed by atoms with van der Waals surface area (Å²) in [4.78, 5) is 57.3. The number of aryl methyl sites for hydroxylation is 1. The van der Waals surface area contributed by atoms with E-state index >= 15 is 0 Å². The van der Waals surface area contributed by atoms with Crippen LogP contribution in [0.3, 0.4) is 0 Å². The summed E-state index contributed by atoms with van der Waals surface area (Å²) in [6.45, 7) is 6.01. The average molecular weight is 745 g/mol. The lowest BCUT2D eigenvalue weighted by molar-refractivity contribution is -0.115. The maximum atomic E-state index is 13.6. The Bertz CT molecular complexity index is 2150. The lowest BCUT2D eigenvalue weighted by Crippen LogP contribution is -2.30. The first-order valence-corrected chi connectivity index (χ1v) is 18.9. The van der Waals surface area contributed by atoms with Crippen molar-refractivity contribution in [3.05, 3.63) is 153 Å². The van der Waals surface area contributed by atoms with E-state index in [-0.39, 0.29) is 11.6 Å². The third-order valence-electron chi connectivity index (χ3n) is 8.67. The van der Waals surface area contributed by atoms with Crippen molar-refractivity contribution in [1.82, 2.24) is 10.2 Å². The molecule has 4 aromatic carbocycles. The fourth-order valence-corrected chi connectivity index (χ4v) is 8.23. The highest BCUT2D eigenvalue weighted by atomic mass is 32.2. The van der Waals surface area contributed by atoms with E-state index in [9.17, 15) is 19.2 Å². The first kappa shape index (κ1) is 37.3. The molecule has 1 unspecified atom stereocenters. The van der Waals surface area contributed by atoms with E-state index in [1.165, 1.54) is 35.8 Å². The highest BCUT2D eigenvalue weighted by Crippen LogP contribution is 2.38. The van der Waals surface area contributed by atoms with Gasteiger partial charge in [0, 0.05) is 40.7 Å². The zero-order valence-electron chi connectivity index (χ0n) is 29.7. The van der Waals surface area contributed by atoms with Crippen LogP contribution in [0.2, 0.25) is 0 Å². The van der Waals surface area contributed by atoms with Crippen molar-refractivity contribution in [3.63, 3.8) is 0 Å². The number of carbonyl (C=O) groups excluding carboxylic acids is 4. The second-order valence-corrected chi connectivity index (χ2v) is 15.2. The highest BCUT2D eigenvalue weighted by Gasteiger charge is 2.30. The quantitative estimate of drug-likeness (QED) is 0.0675. The molecule has 3 N–H and O–H groups in total. The number of fused-ring (bicyclic) bond motifs is 1. The van der Waals surface area contributed by atoms with Gasteiger partial charge in [-0.3, -0.25) is 19.3 Å². The van der Waals surface area contributed by atoms with Crippen molar-refractivity contribution in [1.29, 1.82) is 0 Å². The summed E-state index contributed by atoms with van der Waals surface area (Å²) < 4.78 is 5.14. The van der Waals surface area contributed by atoms with Gasteiger partial charge in [0.1, 0.15) is 10.7 Å². The zero-order chi connectivity index (χ0) is 37.3. The summed E-state index contributed by atoms with van der Waals surface area (Å²) in [5, 5.41) is 8.63. The molecule has 9 nitrogen and oxygen atoms in total. The van der Waals surface area contributed by atoms with Gasteiger partial charge in [-0.1, -0.05) is 84.4 Å². The number of anilines is 2. The van der Waals surface area contributed by atoms with E-state index in [1.807, 2.05) is 61.5 Å². The number of rotatable bonds is 12. The van der Waals surface area contributed by atoms with Crippen LogP contribution in [0.15, 0.2) is 120 Å². The van der Waals surface area contributed by atoms with Gasteiger partial charge in [0.2, 0.25) is 5.91 Å². The Balaban J connectivity index is 1.13. The fraction of sp³-hybridized carbons (Fsp3) is 0.190. The van der Waals surface area contributed by atoms with E-state index < -0.39 is 23.0 Å². The van der Waals surface area contributed by atoms with Crippen molar-refractivity contribution in [2.24, 2.45) is 0 Å². The number of thioether (sulfide) groups is 1. The number of methoxy groups -OCH3 is 1. The number of esters is 1. The average Bonchev–Trinajstić information content (AvgIpc) is 3.52. The number of carbonyl (C=O) groups is 4. The van der Waals surface area contributed by atoms with Crippen molar-refractivity contribution in [2.75, 3.05) is 24.3 Å². The summed E-state index contributed by atoms with van der Waals surface area (Å²) in [6.07, 6.45) is 2.32. The number of nitrogens with one attached hydrogen (secondary N) is 3. The Morgan fingerprint density at radius 3 is 2.38 bits per heavy atom. The molecule has 3 amide bonds. The lowest BCUT2D eigenvalue weighted by atomic mass is 10.0. The normalized spacial score (nSPS) is 13.4. The van der Waals surface area contributed by atoms with Gasteiger partial charge in [-0.05, 0) is 73.4 Å². The molecule has 6 rings (SSSR count). The maximum absolute atomic E-state index is 13.6. The highest BCUT2D eigenvalue weighted by molar-refractivity contribution is 8.00. The Hall–Kier alpha value is -5.49. The third-order valence-corrected chi connectivity index (χ3v) is 10.9. The molecule has 0 spiro atoms. The molecule has 0 aliphatic carbocycles. The predicted octanol–water partition coefficient (Wildman–Crippen LogP) is 7.93. The van der Waals surface area contributed by atoms with Crippen LogP contribution < -0.4 is 16.0 Å². The van der Waals surface area contributed by atoms with Crippen molar-refractivity contribution < 1.29 is 23.9 Å². The molecule has 1 atom stereocenters. The number of hydrogen-bond donors (Lipinski definition) is 3. The van der Waals surface area contributed by atoms with Crippen LogP contribution in [-0.2, 0) is 33.8 Å². The molecule has 1 aromatic heterocycles. The first-order chi connectivity index (χ1) is 25.7. The van der Waals surface area contributed by atoms with E-state index in [0.29, 0.717) is 34.8 Å². The Labute approximate surface area is 317 Å². The Morgan fingerprint density at radius 2 is 1.64 bits per heavy atom. The molecule has 53 heavy (non-hydrogen) atoms. The van der Waals surface area contributed by atoms with Gasteiger partial charge in [0.15, 0.2) is 0 Å². The summed E-state index contributed by atoms with van der Waals surface area (Å²) >= 11 is 2.74. The van der Waals surface area contributed by atoms with Crippen LogP contribution in [0, 0.1) is 6.92 Å². The van der Waals surface area contributed by atoms with Gasteiger partial charge in [0.05, 0.1) is 17.9 Å². The van der Waals surface area contributed by atoms with Crippen molar-refractivity contribution in [2.45, 2.75) is 43.5 Å². The number of ether oxygens (including phenoxy) is 1. The molecular formula is C42H40N4O5S2. The van der Waals surface area contributed by atoms with E-state index in [2.05, 4.69) is 33.0 Å². The zero-order valence-corrected chi connectivity index (χ0v) is 31.3. The minimum Gasteiger partial charge on any atom is -0.465 e. The monoisotopic (exact) mass is 744 g/mol. The minimum absolute atomic E-state index is 0.0819. The van der Waals surface area contributed by atoms with Crippen LogP contribution >= 0.6 is 23.1 Å². The van der Waals surface area contributed by atoms with Gasteiger partial charge in [-0.2, -0.15) is 0 Å². The molecule has 0 saturated carbocycles. The summed E-state index contributed by atoms with van der Waals surface area (Å²) in [6, 6.07) is 33.8. The molecular weight excluding hydrogens is 705 g/mol. The lowest BCUT2D eigenvalue weighted by Gasteiger charge is -2.27. The molecule has 2 heterocycles. The summed E-state index contributed by atoms with van der Waals surface area (Å²) in [7, 11) is 1.35. The molecule has 1 aliphatic heterocycles. The topological polar surface area (TPSA) is 117 Å². The molecule has 0 fully saturated rings. The van der Waals surface area contributed by atoms with Gasteiger partial charge in [-0.25, -0.2) is 4.79 Å². The summed E-state index contributed by atoms with van der Waals surface area (Å²) in [5.74, 6) is -1.63. The first-order valence-electron chi connectivity index (χ1n) is 17.2. The standard InChI is InChI=1S/C42H40N4O5S2/c1-27-12-10-15-30(22-27)23-35(44-39(48)31-16-8-5-9-17-31)40(49)43-32-18-11-19-33(24-32)52-28(2)38(47)45-41-37(42(50)51-3)34-20-21-46(26-36(34)53-41)25-29-13-6-4-7-14-29/h4-19,22-24,28H,20-21,25-26H2,1-3H3,(H,43,49)(H,44,48)(H,45,47)/b35-23+. The Morgan fingerprint density at radius 1 is 0.906 bits per heavy atom. The molecule has 270 valence electrons. The molecule has 5 aromatic rings. The van der Waals surface area contributed by atoms with Gasteiger partial charge < -0.3 is 20.7 Å². The molecule has 0 saturated heterocycles. The minimum atomic E-state index is -0.540. The second kappa shape index (κ2) is 17.4. The fourth-order valence-electron chi connectivity index (χ4n) is 6.02. The molecule has 11 heteroatoms. The predicted molar refractivity (Wildman–Crippen MR) is 212 cm³/mol. The van der Waals surface area contributed by atoms with Crippen LogP contribution in [0.4, 0.5) is 10.7 Å². The molecule has 1 aliphatic rings. The maximum Gasteiger partial charge on any atom is 0.341 e. The summed E-state index contributed by atoms with van der Waals surface area (Å²) in [5.41, 5.74) is 5.36. The van der Waals surface area contributed by atoms with Crippen molar-refractivity contribution >= 4 is 63.6 Å². The van der Waals surface area contributed by atoms with Crippen LogP contribution in [0.5, 0.6) is 0 Å². The van der Waals surface area contributed by atoms with E-state index in [1.54, 1.807) is 55.5 Å². The van der Waals surface area contributed by atoms with Crippen molar-refractivity contribution in [3.8, 4) is 0 Å². The molecule has 0 bridgehead atoms. The SMILES string of the molecule is COC(=O)c1c(NC(=O)C(C)Sc2cccc(NC(=O)/C(=C\c3cccc(C)c3)NC(=O)c3ccccc3)c2)sc2c1CCN(Cc1ccccc1)C2. The van der Waals surface area contributed by atoms with Crippen LogP contribution in [-0.4, -0.2) is 47.5 Å². The number of nitrogens with zero attached hydrogens (tertiary/aromatic N) is 1. The molecule has 0 radical (unpaired) electrons. The third kappa shape index (κ3) is 9.69. The largest absolute Gasteiger partial charge is 0.465 e. The van der Waals surface area contributed by atoms with Gasteiger partial charge in [0.25, 0.3) is 11.8 Å². The van der Waals surface area contributed by atoms with Crippen LogP contribution in [0.25, 0.3) is 6.08 Å². The number of hydrogen-bond acceptors (Lipinski definition) is 8. The van der Waals surface area contributed by atoms with Crippen LogP contribution in [0.1, 0.15) is 54.8 Å². The smallest absolute Gasteiger partial charge is 0.341 e. The number of thiophene rings is 1. The van der Waals surface area contributed by atoms with E-state index in [4.69, 9.17) is 4.74 Å². The van der Waals surface area contributed by atoms with E-state index in [0.717, 1.165) is 39.6 Å². The van der Waals surface area contributed by atoms with Gasteiger partial charge >= 0.3 is 5.97 Å². The Kier molecular flexibility index (Phi) is 12.2. The number of amides is 3.